The van der Waals surface area contributed by atoms with Crippen LogP contribution in [0.5, 0.6) is 0 Å². The SMILES string of the molecule is Cc1cn2cccc2cc1-c1c2ccccc2cc[n+]1C. The molecule has 0 atom stereocenters. The molecule has 21 heavy (non-hydrogen) atoms. The monoisotopic (exact) mass is 273 g/mol. The lowest BCUT2D eigenvalue weighted by Gasteiger charge is -2.09. The van der Waals surface area contributed by atoms with Crippen LogP contribution in [0.25, 0.3) is 27.5 Å². The Balaban J connectivity index is 2.12. The summed E-state index contributed by atoms with van der Waals surface area (Å²) in [5, 5.41) is 2.57. The molecule has 0 aliphatic heterocycles. The molecule has 0 amide bonds. The largest absolute Gasteiger partial charge is 0.324 e. The maximum Gasteiger partial charge on any atom is 0.220 e. The van der Waals surface area contributed by atoms with Crippen LogP contribution in [0.2, 0.25) is 0 Å². The lowest BCUT2D eigenvalue weighted by Crippen LogP contribution is -2.30. The number of fused-ring (bicyclic) bond motifs is 2. The minimum Gasteiger partial charge on any atom is -0.324 e. The zero-order valence-electron chi connectivity index (χ0n) is 12.2. The molecule has 3 heterocycles. The van der Waals surface area contributed by atoms with E-state index in [0.29, 0.717) is 0 Å². The Hall–Kier alpha value is -2.61. The van der Waals surface area contributed by atoms with Crippen molar-refractivity contribution in [3.8, 4) is 11.3 Å². The lowest BCUT2D eigenvalue weighted by atomic mass is 10.0. The van der Waals surface area contributed by atoms with Crippen molar-refractivity contribution in [2.24, 2.45) is 7.05 Å². The van der Waals surface area contributed by atoms with E-state index >= 15 is 0 Å². The Bertz CT molecular complexity index is 964. The second kappa shape index (κ2) is 4.45. The summed E-state index contributed by atoms with van der Waals surface area (Å²) in [4.78, 5) is 0. The number of hydrogen-bond donors (Lipinski definition) is 0. The van der Waals surface area contributed by atoms with Gasteiger partial charge in [-0.1, -0.05) is 18.2 Å². The molecule has 0 bridgehead atoms. The highest BCUT2D eigenvalue weighted by molar-refractivity contribution is 5.94. The molecule has 3 aromatic heterocycles. The van der Waals surface area contributed by atoms with Gasteiger partial charge < -0.3 is 4.40 Å². The number of nitrogens with zero attached hydrogens (tertiary/aromatic N) is 2. The summed E-state index contributed by atoms with van der Waals surface area (Å²) < 4.78 is 4.38. The van der Waals surface area contributed by atoms with E-state index in [-0.39, 0.29) is 0 Å². The van der Waals surface area contributed by atoms with Gasteiger partial charge in [0, 0.05) is 24.0 Å². The molecule has 0 fully saturated rings. The molecular weight excluding hydrogens is 256 g/mol. The third-order valence-corrected chi connectivity index (χ3v) is 4.16. The first-order valence-corrected chi connectivity index (χ1v) is 7.19. The van der Waals surface area contributed by atoms with Crippen LogP contribution in [0.1, 0.15) is 5.56 Å². The number of aromatic nitrogens is 2. The van der Waals surface area contributed by atoms with Crippen LogP contribution in [-0.2, 0) is 7.05 Å². The summed E-state index contributed by atoms with van der Waals surface area (Å²) in [6.07, 6.45) is 6.43. The van der Waals surface area contributed by atoms with Gasteiger partial charge in [0.25, 0.3) is 0 Å². The van der Waals surface area contributed by atoms with E-state index in [9.17, 15) is 0 Å². The van der Waals surface area contributed by atoms with Gasteiger partial charge >= 0.3 is 0 Å². The topological polar surface area (TPSA) is 8.29 Å². The van der Waals surface area contributed by atoms with Crippen molar-refractivity contribution in [2.45, 2.75) is 6.92 Å². The average molecular weight is 273 g/mol. The Morgan fingerprint density at radius 1 is 1.00 bits per heavy atom. The Kier molecular flexibility index (Phi) is 2.58. The van der Waals surface area contributed by atoms with E-state index in [0.717, 1.165) is 0 Å². The third kappa shape index (κ3) is 1.83. The summed E-state index contributed by atoms with van der Waals surface area (Å²) in [5.41, 5.74) is 5.07. The molecule has 0 aliphatic carbocycles. The van der Waals surface area contributed by atoms with Gasteiger partial charge in [-0.25, -0.2) is 4.57 Å². The number of pyridine rings is 2. The summed E-state index contributed by atoms with van der Waals surface area (Å²) in [6, 6.07) is 17.2. The average Bonchev–Trinajstić information content (AvgIpc) is 2.94. The minimum absolute atomic E-state index is 1.23. The van der Waals surface area contributed by atoms with E-state index in [1.807, 2.05) is 0 Å². The predicted molar refractivity (Wildman–Crippen MR) is 86.3 cm³/mol. The van der Waals surface area contributed by atoms with E-state index in [1.165, 1.54) is 33.1 Å². The molecule has 102 valence electrons. The standard InChI is InChI=1S/C19H17N2/c1-14-13-21-10-5-7-16(21)12-18(14)19-17-8-4-3-6-15(17)9-11-20(19)2/h3-13H,1-2H3/q+1. The van der Waals surface area contributed by atoms with Crippen LogP contribution >= 0.6 is 0 Å². The fourth-order valence-corrected chi connectivity index (χ4v) is 3.09. The van der Waals surface area contributed by atoms with Crippen LogP contribution in [0.3, 0.4) is 0 Å². The maximum atomic E-state index is 2.27. The smallest absolute Gasteiger partial charge is 0.220 e. The van der Waals surface area contributed by atoms with Gasteiger partial charge in [0.05, 0.1) is 10.9 Å². The lowest BCUT2D eigenvalue weighted by molar-refractivity contribution is -0.659. The molecule has 0 N–H and O–H groups in total. The number of benzene rings is 1. The summed E-state index contributed by atoms with van der Waals surface area (Å²) in [5.74, 6) is 0. The van der Waals surface area contributed by atoms with Crippen LogP contribution in [0.4, 0.5) is 0 Å². The van der Waals surface area contributed by atoms with Crippen molar-refractivity contribution in [1.29, 1.82) is 0 Å². The molecule has 0 saturated carbocycles. The third-order valence-electron chi connectivity index (χ3n) is 4.16. The van der Waals surface area contributed by atoms with Crippen molar-refractivity contribution in [1.82, 2.24) is 4.40 Å². The maximum absolute atomic E-state index is 2.27. The normalized spacial score (nSPS) is 11.3. The van der Waals surface area contributed by atoms with Crippen LogP contribution < -0.4 is 4.57 Å². The first-order valence-electron chi connectivity index (χ1n) is 7.19. The predicted octanol–water partition coefficient (Wildman–Crippen LogP) is 3.89. The number of rotatable bonds is 1. The molecule has 2 nitrogen and oxygen atoms in total. The summed E-state index contributed by atoms with van der Waals surface area (Å²) in [7, 11) is 2.11. The fraction of sp³-hybridized carbons (Fsp3) is 0.105. The zero-order valence-corrected chi connectivity index (χ0v) is 12.2. The highest BCUT2D eigenvalue weighted by atomic mass is 14.9. The molecule has 0 saturated heterocycles. The molecular formula is C19H17N2+. The minimum atomic E-state index is 1.23. The van der Waals surface area contributed by atoms with Crippen molar-refractivity contribution in [3.63, 3.8) is 0 Å². The van der Waals surface area contributed by atoms with Gasteiger partial charge in [-0.3, -0.25) is 0 Å². The van der Waals surface area contributed by atoms with Crippen molar-refractivity contribution >= 4 is 16.3 Å². The van der Waals surface area contributed by atoms with Crippen LogP contribution in [-0.4, -0.2) is 4.40 Å². The number of hydrogen-bond acceptors (Lipinski definition) is 0. The molecule has 4 aromatic rings. The quantitative estimate of drug-likeness (QED) is 0.465. The van der Waals surface area contributed by atoms with Crippen molar-refractivity contribution in [3.05, 3.63) is 72.7 Å². The van der Waals surface area contributed by atoms with Crippen molar-refractivity contribution < 1.29 is 4.57 Å². The Morgan fingerprint density at radius 2 is 1.86 bits per heavy atom. The molecule has 0 radical (unpaired) electrons. The zero-order chi connectivity index (χ0) is 14.4. The number of aryl methyl sites for hydroxylation is 2. The molecule has 1 aromatic carbocycles. The second-order valence-electron chi connectivity index (χ2n) is 5.57. The molecule has 0 spiro atoms. The van der Waals surface area contributed by atoms with Gasteiger partial charge in [0.15, 0.2) is 6.20 Å². The Morgan fingerprint density at radius 3 is 2.76 bits per heavy atom. The van der Waals surface area contributed by atoms with Gasteiger partial charge in [-0.15, -0.1) is 0 Å². The Labute approximate surface area is 123 Å². The molecule has 2 heteroatoms. The van der Waals surface area contributed by atoms with Gasteiger partial charge in [0.1, 0.15) is 7.05 Å². The van der Waals surface area contributed by atoms with Crippen molar-refractivity contribution in [2.75, 3.05) is 0 Å². The highest BCUT2D eigenvalue weighted by Gasteiger charge is 2.17. The van der Waals surface area contributed by atoms with Gasteiger partial charge in [-0.05, 0) is 42.1 Å². The fourth-order valence-electron chi connectivity index (χ4n) is 3.09. The van der Waals surface area contributed by atoms with Gasteiger partial charge in [0.2, 0.25) is 5.69 Å². The highest BCUT2D eigenvalue weighted by Crippen LogP contribution is 2.28. The molecule has 0 unspecified atom stereocenters. The van der Waals surface area contributed by atoms with Crippen LogP contribution in [0.15, 0.2) is 67.1 Å². The van der Waals surface area contributed by atoms with Crippen LogP contribution in [0, 0.1) is 6.92 Å². The first kappa shape index (κ1) is 12.2. The molecule has 4 rings (SSSR count). The summed E-state index contributed by atoms with van der Waals surface area (Å²) >= 11 is 0. The second-order valence-corrected chi connectivity index (χ2v) is 5.57. The van der Waals surface area contributed by atoms with E-state index in [1.54, 1.807) is 0 Å². The van der Waals surface area contributed by atoms with E-state index < -0.39 is 0 Å². The van der Waals surface area contributed by atoms with E-state index in [2.05, 4.69) is 90.1 Å². The molecule has 0 aliphatic rings. The first-order chi connectivity index (χ1) is 10.2. The summed E-state index contributed by atoms with van der Waals surface area (Å²) in [6.45, 7) is 2.18. The van der Waals surface area contributed by atoms with E-state index in [4.69, 9.17) is 0 Å². The van der Waals surface area contributed by atoms with Gasteiger partial charge in [-0.2, -0.15) is 0 Å².